The summed E-state index contributed by atoms with van der Waals surface area (Å²) in [6.07, 6.45) is 0. The first kappa shape index (κ1) is 16.1. The molecular weight excluding hydrogens is 281 g/mol. The van der Waals surface area contributed by atoms with Gasteiger partial charge in [0.2, 0.25) is 0 Å². The van der Waals surface area contributed by atoms with Gasteiger partial charge in [0.25, 0.3) is 0 Å². The Morgan fingerprint density at radius 1 is 1.05 bits per heavy atom. The van der Waals surface area contributed by atoms with Crippen LogP contribution in [0.25, 0.3) is 0 Å². The molecule has 0 fully saturated rings. The Labute approximate surface area is 131 Å². The SMILES string of the molecule is CNC(CSc1cccc(F)c1)c1ccc(C(C)C)cc1. The topological polar surface area (TPSA) is 12.0 Å². The van der Waals surface area contributed by atoms with Gasteiger partial charge in [-0.1, -0.05) is 44.2 Å². The number of nitrogens with one attached hydrogen (secondary N) is 1. The third-order valence-electron chi connectivity index (χ3n) is 3.57. The Hall–Kier alpha value is -1.32. The molecule has 112 valence electrons. The Morgan fingerprint density at radius 2 is 1.71 bits per heavy atom. The Kier molecular flexibility index (Phi) is 5.83. The highest BCUT2D eigenvalue weighted by Crippen LogP contribution is 2.26. The molecule has 0 spiro atoms. The van der Waals surface area contributed by atoms with E-state index in [1.807, 2.05) is 13.1 Å². The highest BCUT2D eigenvalue weighted by atomic mass is 32.2. The first-order valence-corrected chi connectivity index (χ1v) is 8.24. The summed E-state index contributed by atoms with van der Waals surface area (Å²) in [5.74, 6) is 1.25. The fourth-order valence-corrected chi connectivity index (χ4v) is 3.28. The summed E-state index contributed by atoms with van der Waals surface area (Å²) in [6.45, 7) is 4.40. The van der Waals surface area contributed by atoms with Gasteiger partial charge in [-0.05, 0) is 42.3 Å². The van der Waals surface area contributed by atoms with Crippen LogP contribution in [-0.4, -0.2) is 12.8 Å². The molecule has 0 aliphatic rings. The van der Waals surface area contributed by atoms with E-state index in [9.17, 15) is 4.39 Å². The van der Waals surface area contributed by atoms with Crippen LogP contribution in [0.1, 0.15) is 36.9 Å². The predicted molar refractivity (Wildman–Crippen MR) is 89.5 cm³/mol. The van der Waals surface area contributed by atoms with Gasteiger partial charge >= 0.3 is 0 Å². The molecule has 0 aliphatic heterocycles. The van der Waals surface area contributed by atoms with Crippen molar-refractivity contribution in [3.63, 3.8) is 0 Å². The molecule has 1 N–H and O–H groups in total. The molecule has 0 radical (unpaired) electrons. The van der Waals surface area contributed by atoms with Crippen LogP contribution in [0.5, 0.6) is 0 Å². The molecule has 21 heavy (non-hydrogen) atoms. The Morgan fingerprint density at radius 3 is 2.29 bits per heavy atom. The summed E-state index contributed by atoms with van der Waals surface area (Å²) < 4.78 is 13.2. The van der Waals surface area contributed by atoms with E-state index < -0.39 is 0 Å². The normalized spacial score (nSPS) is 12.6. The third-order valence-corrected chi connectivity index (χ3v) is 4.65. The van der Waals surface area contributed by atoms with Gasteiger partial charge in [-0.15, -0.1) is 11.8 Å². The zero-order valence-corrected chi connectivity index (χ0v) is 13.6. The smallest absolute Gasteiger partial charge is 0.124 e. The fourth-order valence-electron chi connectivity index (χ4n) is 2.20. The van der Waals surface area contributed by atoms with Crippen LogP contribution in [0.2, 0.25) is 0 Å². The minimum atomic E-state index is -0.178. The van der Waals surface area contributed by atoms with Gasteiger partial charge in [-0.2, -0.15) is 0 Å². The van der Waals surface area contributed by atoms with Crippen LogP contribution in [0, 0.1) is 5.82 Å². The summed E-state index contributed by atoms with van der Waals surface area (Å²) in [5, 5.41) is 3.34. The monoisotopic (exact) mass is 303 g/mol. The fraction of sp³-hybridized carbons (Fsp3) is 0.333. The van der Waals surface area contributed by atoms with Crippen molar-refractivity contribution in [1.29, 1.82) is 0 Å². The summed E-state index contributed by atoms with van der Waals surface area (Å²) in [7, 11) is 1.97. The maximum Gasteiger partial charge on any atom is 0.124 e. The van der Waals surface area contributed by atoms with Crippen LogP contribution in [0.3, 0.4) is 0 Å². The molecule has 0 saturated heterocycles. The van der Waals surface area contributed by atoms with Crippen molar-refractivity contribution in [1.82, 2.24) is 5.32 Å². The molecule has 0 bridgehead atoms. The van der Waals surface area contributed by atoms with Gasteiger partial charge in [0.15, 0.2) is 0 Å². The second kappa shape index (κ2) is 7.62. The highest BCUT2D eigenvalue weighted by molar-refractivity contribution is 7.99. The number of hydrogen-bond donors (Lipinski definition) is 1. The van der Waals surface area contributed by atoms with Crippen molar-refractivity contribution in [3.8, 4) is 0 Å². The molecule has 0 saturated carbocycles. The average Bonchev–Trinajstić information content (AvgIpc) is 2.48. The Balaban J connectivity index is 2.02. The van der Waals surface area contributed by atoms with Crippen LogP contribution >= 0.6 is 11.8 Å². The second-order valence-electron chi connectivity index (χ2n) is 5.43. The molecule has 2 aromatic rings. The van der Waals surface area contributed by atoms with Gasteiger partial charge in [-0.25, -0.2) is 4.39 Å². The first-order chi connectivity index (χ1) is 10.1. The van der Waals surface area contributed by atoms with Crippen molar-refractivity contribution in [2.24, 2.45) is 0 Å². The summed E-state index contributed by atoms with van der Waals surface area (Å²) >= 11 is 1.67. The average molecular weight is 303 g/mol. The minimum Gasteiger partial charge on any atom is -0.312 e. The van der Waals surface area contributed by atoms with Gasteiger partial charge < -0.3 is 5.32 Å². The molecule has 1 nitrogen and oxygen atoms in total. The van der Waals surface area contributed by atoms with Crippen molar-refractivity contribution < 1.29 is 4.39 Å². The van der Waals surface area contributed by atoms with Gasteiger partial charge in [-0.3, -0.25) is 0 Å². The van der Waals surface area contributed by atoms with Crippen LogP contribution in [0.15, 0.2) is 53.4 Å². The standard InChI is InChI=1S/C18H22FNS/c1-13(2)14-7-9-15(10-8-14)18(20-3)12-21-17-6-4-5-16(19)11-17/h4-11,13,18,20H,12H2,1-3H3. The lowest BCUT2D eigenvalue weighted by molar-refractivity contribution is 0.624. The maximum absolute atomic E-state index is 13.2. The summed E-state index contributed by atoms with van der Waals surface area (Å²) in [5.41, 5.74) is 2.62. The van der Waals surface area contributed by atoms with Crippen LogP contribution in [0.4, 0.5) is 4.39 Å². The molecule has 0 aliphatic carbocycles. The largest absolute Gasteiger partial charge is 0.312 e. The molecule has 1 atom stereocenters. The molecule has 0 heterocycles. The predicted octanol–water partition coefficient (Wildman–Crippen LogP) is 5.00. The Bertz CT molecular complexity index is 566. The van der Waals surface area contributed by atoms with Crippen molar-refractivity contribution >= 4 is 11.8 Å². The number of hydrogen-bond acceptors (Lipinski definition) is 2. The van der Waals surface area contributed by atoms with E-state index in [4.69, 9.17) is 0 Å². The second-order valence-corrected chi connectivity index (χ2v) is 6.52. The van der Waals surface area contributed by atoms with Gasteiger partial charge in [0.05, 0.1) is 0 Å². The molecular formula is C18H22FNS. The molecule has 1 unspecified atom stereocenters. The zero-order valence-electron chi connectivity index (χ0n) is 12.8. The van der Waals surface area contributed by atoms with Gasteiger partial charge in [0.1, 0.15) is 5.82 Å². The number of halogens is 1. The van der Waals surface area contributed by atoms with Crippen molar-refractivity contribution in [2.75, 3.05) is 12.8 Å². The van der Waals surface area contributed by atoms with Crippen molar-refractivity contribution in [3.05, 3.63) is 65.5 Å². The zero-order chi connectivity index (χ0) is 15.2. The van der Waals surface area contributed by atoms with E-state index in [1.165, 1.54) is 17.2 Å². The minimum absolute atomic E-state index is 0.178. The molecule has 2 aromatic carbocycles. The number of rotatable bonds is 6. The van der Waals surface area contributed by atoms with E-state index in [0.29, 0.717) is 5.92 Å². The van der Waals surface area contributed by atoms with E-state index in [1.54, 1.807) is 23.9 Å². The molecule has 3 heteroatoms. The summed E-state index contributed by atoms with van der Waals surface area (Å²) in [6, 6.07) is 15.8. The number of benzene rings is 2. The molecule has 2 rings (SSSR count). The van der Waals surface area contributed by atoms with E-state index in [-0.39, 0.29) is 11.9 Å². The van der Waals surface area contributed by atoms with Crippen molar-refractivity contribution in [2.45, 2.75) is 30.7 Å². The molecule has 0 aromatic heterocycles. The van der Waals surface area contributed by atoms with E-state index >= 15 is 0 Å². The lowest BCUT2D eigenvalue weighted by atomic mass is 10.00. The van der Waals surface area contributed by atoms with Crippen LogP contribution in [-0.2, 0) is 0 Å². The lowest BCUT2D eigenvalue weighted by Gasteiger charge is -2.17. The lowest BCUT2D eigenvalue weighted by Crippen LogP contribution is -2.18. The highest BCUT2D eigenvalue weighted by Gasteiger charge is 2.10. The van der Waals surface area contributed by atoms with E-state index in [2.05, 4.69) is 43.4 Å². The van der Waals surface area contributed by atoms with Crippen LogP contribution < -0.4 is 5.32 Å². The maximum atomic E-state index is 13.2. The van der Waals surface area contributed by atoms with E-state index in [0.717, 1.165) is 10.6 Å². The van der Waals surface area contributed by atoms with Gasteiger partial charge in [0, 0.05) is 16.7 Å². The number of thioether (sulfide) groups is 1. The third kappa shape index (κ3) is 4.58. The summed E-state index contributed by atoms with van der Waals surface area (Å²) in [4.78, 5) is 0.967. The first-order valence-electron chi connectivity index (χ1n) is 7.25. The molecule has 0 amide bonds. The quantitative estimate of drug-likeness (QED) is 0.754.